The minimum absolute atomic E-state index is 0.0145. The van der Waals surface area contributed by atoms with Crippen molar-refractivity contribution in [2.24, 2.45) is 0 Å². The SMILES string of the molecule is COc1cc(C(=O)N2CCC(N3CCN(C)CC3)CC2)ccc1Nc1ncc2c(n1)N(C)C(=O)c1ccccc1N2C. The quantitative estimate of drug-likeness (QED) is 0.495. The van der Waals surface area contributed by atoms with E-state index >= 15 is 0 Å². The van der Waals surface area contributed by atoms with Crippen LogP contribution in [0.4, 0.5) is 28.8 Å². The van der Waals surface area contributed by atoms with Crippen molar-refractivity contribution in [2.75, 3.05) is 82.6 Å². The molecule has 2 fully saturated rings. The summed E-state index contributed by atoms with van der Waals surface area (Å²) < 4.78 is 5.66. The molecule has 2 saturated heterocycles. The maximum atomic E-state index is 13.4. The molecule has 11 heteroatoms. The number of piperidine rings is 1. The summed E-state index contributed by atoms with van der Waals surface area (Å²) in [5.74, 6) is 1.19. The number of fused-ring (bicyclic) bond motifs is 2. The van der Waals surface area contributed by atoms with Crippen LogP contribution in [0.2, 0.25) is 0 Å². The van der Waals surface area contributed by atoms with Crippen LogP contribution in [0.15, 0.2) is 48.7 Å². The summed E-state index contributed by atoms with van der Waals surface area (Å²) in [7, 11) is 7.36. The Morgan fingerprint density at radius 2 is 1.67 bits per heavy atom. The van der Waals surface area contributed by atoms with Crippen LogP contribution in [-0.2, 0) is 0 Å². The zero-order valence-electron chi connectivity index (χ0n) is 24.7. The van der Waals surface area contributed by atoms with Crippen molar-refractivity contribution in [2.45, 2.75) is 18.9 Å². The summed E-state index contributed by atoms with van der Waals surface area (Å²) >= 11 is 0. The standard InChI is InChI=1S/C31H38N8O3/c1-35-15-17-38(18-16-35)22-11-13-39(14-12-22)29(40)21-9-10-24(27(19-21)42-4)33-31-32-20-26-28(34-31)37(3)30(41)23-7-5-6-8-25(23)36(26)2/h5-10,19-20,22H,11-18H2,1-4H3,(H,32,33,34). The summed E-state index contributed by atoms with van der Waals surface area (Å²) in [6.45, 7) is 5.93. The number of hydrogen-bond acceptors (Lipinski definition) is 9. The average molecular weight is 571 g/mol. The van der Waals surface area contributed by atoms with Crippen molar-refractivity contribution >= 4 is 40.6 Å². The van der Waals surface area contributed by atoms with Gasteiger partial charge in [0, 0.05) is 65.0 Å². The van der Waals surface area contributed by atoms with E-state index in [9.17, 15) is 9.59 Å². The van der Waals surface area contributed by atoms with Gasteiger partial charge in [-0.1, -0.05) is 12.1 Å². The maximum absolute atomic E-state index is 13.4. The molecule has 0 unspecified atom stereocenters. The summed E-state index contributed by atoms with van der Waals surface area (Å²) in [5.41, 5.74) is 3.32. The fraction of sp³-hybridized carbons (Fsp3) is 0.419. The number of carbonyl (C=O) groups excluding carboxylic acids is 2. The molecular weight excluding hydrogens is 532 g/mol. The zero-order valence-corrected chi connectivity index (χ0v) is 24.7. The number of para-hydroxylation sites is 1. The van der Waals surface area contributed by atoms with E-state index in [-0.39, 0.29) is 11.8 Å². The van der Waals surface area contributed by atoms with Gasteiger partial charge in [0.25, 0.3) is 11.8 Å². The number of hydrogen-bond donors (Lipinski definition) is 1. The first kappa shape index (κ1) is 27.9. The van der Waals surface area contributed by atoms with Crippen LogP contribution >= 0.6 is 0 Å². The van der Waals surface area contributed by atoms with Crippen LogP contribution in [0.1, 0.15) is 33.6 Å². The lowest BCUT2D eigenvalue weighted by molar-refractivity contribution is 0.0518. The first-order valence-electron chi connectivity index (χ1n) is 14.5. The molecule has 0 saturated carbocycles. The number of carbonyl (C=O) groups is 2. The predicted molar refractivity (Wildman–Crippen MR) is 164 cm³/mol. The minimum atomic E-state index is -0.145. The third-order valence-electron chi connectivity index (χ3n) is 8.73. The highest BCUT2D eigenvalue weighted by Gasteiger charge is 2.30. The Labute approximate surface area is 246 Å². The molecule has 1 aromatic heterocycles. The first-order chi connectivity index (χ1) is 20.3. The number of rotatable bonds is 5. The number of likely N-dealkylation sites (tertiary alicyclic amines) is 1. The second-order valence-corrected chi connectivity index (χ2v) is 11.2. The molecule has 11 nitrogen and oxygen atoms in total. The predicted octanol–water partition coefficient (Wildman–Crippen LogP) is 3.44. The maximum Gasteiger partial charge on any atom is 0.261 e. The summed E-state index contributed by atoms with van der Waals surface area (Å²) in [6, 6.07) is 13.4. The number of nitrogens with one attached hydrogen (secondary N) is 1. The molecule has 6 rings (SSSR count). The van der Waals surface area contributed by atoms with Crippen LogP contribution in [0.3, 0.4) is 0 Å². The number of nitrogens with zero attached hydrogens (tertiary/aromatic N) is 7. The second-order valence-electron chi connectivity index (χ2n) is 11.2. The van der Waals surface area contributed by atoms with Gasteiger partial charge in [0.15, 0.2) is 5.82 Å². The van der Waals surface area contributed by atoms with Crippen molar-refractivity contribution in [3.05, 3.63) is 59.8 Å². The lowest BCUT2D eigenvalue weighted by Crippen LogP contribution is -2.52. The van der Waals surface area contributed by atoms with E-state index in [1.807, 2.05) is 53.2 Å². The van der Waals surface area contributed by atoms with Crippen LogP contribution < -0.4 is 19.9 Å². The Bertz CT molecular complexity index is 1480. The first-order valence-corrected chi connectivity index (χ1v) is 14.5. The number of anilines is 5. The highest BCUT2D eigenvalue weighted by Crippen LogP contribution is 2.38. The van der Waals surface area contributed by atoms with E-state index in [0.717, 1.165) is 57.8 Å². The third-order valence-corrected chi connectivity index (χ3v) is 8.73. The van der Waals surface area contributed by atoms with E-state index in [0.29, 0.717) is 46.1 Å². The van der Waals surface area contributed by atoms with Crippen LogP contribution in [0.25, 0.3) is 0 Å². The van der Waals surface area contributed by atoms with Crippen LogP contribution in [0, 0.1) is 0 Å². The van der Waals surface area contributed by atoms with E-state index in [1.54, 1.807) is 26.4 Å². The normalized spacial score (nSPS) is 18.4. The van der Waals surface area contributed by atoms with Gasteiger partial charge in [-0.2, -0.15) is 4.98 Å². The van der Waals surface area contributed by atoms with Gasteiger partial charge >= 0.3 is 0 Å². The molecule has 2 amide bonds. The van der Waals surface area contributed by atoms with Crippen molar-refractivity contribution < 1.29 is 14.3 Å². The highest BCUT2D eigenvalue weighted by atomic mass is 16.5. The number of benzene rings is 2. The van der Waals surface area contributed by atoms with Crippen molar-refractivity contribution in [3.63, 3.8) is 0 Å². The van der Waals surface area contributed by atoms with E-state index < -0.39 is 0 Å². The molecule has 4 heterocycles. The molecule has 42 heavy (non-hydrogen) atoms. The summed E-state index contributed by atoms with van der Waals surface area (Å²) in [5, 5.41) is 3.22. The third kappa shape index (κ3) is 5.25. The second kappa shape index (κ2) is 11.6. The molecular formula is C31H38N8O3. The monoisotopic (exact) mass is 570 g/mol. The molecule has 0 radical (unpaired) electrons. The number of ether oxygens (including phenoxy) is 1. The molecule has 3 aromatic rings. The van der Waals surface area contributed by atoms with Gasteiger partial charge in [-0.3, -0.25) is 19.4 Å². The zero-order chi connectivity index (χ0) is 29.4. The fourth-order valence-corrected chi connectivity index (χ4v) is 6.12. The van der Waals surface area contributed by atoms with Gasteiger partial charge in [-0.25, -0.2) is 4.98 Å². The van der Waals surface area contributed by atoms with E-state index in [2.05, 4.69) is 27.1 Å². The Morgan fingerprint density at radius 1 is 0.929 bits per heavy atom. The van der Waals surface area contributed by atoms with Gasteiger partial charge in [0.05, 0.1) is 30.2 Å². The van der Waals surface area contributed by atoms with Crippen molar-refractivity contribution in [1.29, 1.82) is 0 Å². The largest absolute Gasteiger partial charge is 0.495 e. The molecule has 3 aliphatic rings. The lowest BCUT2D eigenvalue weighted by atomic mass is 10.0. The van der Waals surface area contributed by atoms with Crippen molar-refractivity contribution in [1.82, 2.24) is 24.7 Å². The molecule has 0 atom stereocenters. The smallest absolute Gasteiger partial charge is 0.261 e. The minimum Gasteiger partial charge on any atom is -0.495 e. The fourth-order valence-electron chi connectivity index (χ4n) is 6.12. The van der Waals surface area contributed by atoms with E-state index in [4.69, 9.17) is 9.72 Å². The van der Waals surface area contributed by atoms with Gasteiger partial charge in [-0.05, 0) is 50.2 Å². The molecule has 2 aromatic carbocycles. The Balaban J connectivity index is 1.16. The lowest BCUT2D eigenvalue weighted by Gasteiger charge is -2.42. The number of piperazine rings is 1. The topological polar surface area (TPSA) is 97.4 Å². The molecule has 0 bridgehead atoms. The Kier molecular flexibility index (Phi) is 7.70. The average Bonchev–Trinajstić information content (AvgIpc) is 3.10. The molecule has 220 valence electrons. The molecule has 1 N–H and O–H groups in total. The van der Waals surface area contributed by atoms with Crippen LogP contribution in [-0.4, -0.2) is 110 Å². The van der Waals surface area contributed by atoms with Gasteiger partial charge in [-0.15, -0.1) is 0 Å². The molecule has 3 aliphatic heterocycles. The summed E-state index contributed by atoms with van der Waals surface area (Å²) in [4.78, 5) is 46.2. The Morgan fingerprint density at radius 3 is 2.40 bits per heavy atom. The van der Waals surface area contributed by atoms with Crippen molar-refractivity contribution in [3.8, 4) is 5.75 Å². The van der Waals surface area contributed by atoms with Gasteiger partial charge in [0.1, 0.15) is 11.4 Å². The number of aromatic nitrogens is 2. The number of methoxy groups -OCH3 is 1. The van der Waals surface area contributed by atoms with Crippen LogP contribution in [0.5, 0.6) is 5.75 Å². The number of likely N-dealkylation sites (N-methyl/N-ethyl adjacent to an activating group) is 1. The van der Waals surface area contributed by atoms with Gasteiger partial charge in [0.2, 0.25) is 5.95 Å². The highest BCUT2D eigenvalue weighted by molar-refractivity contribution is 6.12. The number of amides is 2. The Hall–Kier alpha value is -4.22. The van der Waals surface area contributed by atoms with Gasteiger partial charge < -0.3 is 24.8 Å². The molecule has 0 spiro atoms. The summed E-state index contributed by atoms with van der Waals surface area (Å²) in [6.07, 6.45) is 3.70. The molecule has 0 aliphatic carbocycles. The van der Waals surface area contributed by atoms with E-state index in [1.165, 1.54) is 4.90 Å².